The van der Waals surface area contributed by atoms with E-state index in [0.29, 0.717) is 27.6 Å². The van der Waals surface area contributed by atoms with Crippen LogP contribution in [0.25, 0.3) is 17.0 Å². The summed E-state index contributed by atoms with van der Waals surface area (Å²) in [6.07, 6.45) is 0.925. The Labute approximate surface area is 187 Å². The third kappa shape index (κ3) is 5.04. The highest BCUT2D eigenvalue weighted by atomic mass is 35.5. The molecule has 0 atom stereocenters. The van der Waals surface area contributed by atoms with Gasteiger partial charge in [-0.25, -0.2) is 9.48 Å². The van der Waals surface area contributed by atoms with Crippen molar-refractivity contribution in [2.45, 2.75) is 6.92 Å². The predicted molar refractivity (Wildman–Crippen MR) is 120 cm³/mol. The smallest absolute Gasteiger partial charge is 0.356 e. The number of carbonyl (C=O) groups excluding carboxylic acids is 2. The Kier molecular flexibility index (Phi) is 7.07. The van der Waals surface area contributed by atoms with E-state index in [9.17, 15) is 19.2 Å². The fourth-order valence-corrected chi connectivity index (χ4v) is 2.99. The second-order valence-electron chi connectivity index (χ2n) is 6.52. The number of aromatic nitrogens is 2. The zero-order valence-corrected chi connectivity index (χ0v) is 18.0. The molecule has 0 aliphatic heterocycles. The lowest BCUT2D eigenvalue weighted by Crippen LogP contribution is -2.37. The maximum Gasteiger partial charge on any atom is 0.356 e. The zero-order valence-electron chi connectivity index (χ0n) is 17.3. The molecular formula is C23H19ClN2O6. The Hall–Kier alpha value is -3.91. The molecule has 0 unspecified atom stereocenters. The fourth-order valence-electron chi connectivity index (χ4n) is 2.86. The van der Waals surface area contributed by atoms with E-state index in [4.69, 9.17) is 21.1 Å². The molecule has 1 aromatic heterocycles. The van der Waals surface area contributed by atoms with Gasteiger partial charge in [0.1, 0.15) is 5.75 Å². The van der Waals surface area contributed by atoms with E-state index in [2.05, 4.69) is 5.10 Å². The van der Waals surface area contributed by atoms with Crippen LogP contribution in [0, 0.1) is 0 Å². The highest BCUT2D eigenvalue weighted by Gasteiger charge is 2.19. The molecular weight excluding hydrogens is 436 g/mol. The largest absolute Gasteiger partial charge is 0.494 e. The minimum atomic E-state index is -1.04. The number of benzene rings is 2. The summed E-state index contributed by atoms with van der Waals surface area (Å²) in [5.41, 5.74) is -1.31. The van der Waals surface area contributed by atoms with Gasteiger partial charge >= 0.3 is 11.5 Å². The van der Waals surface area contributed by atoms with Crippen molar-refractivity contribution in [3.05, 3.63) is 91.8 Å². The average Bonchev–Trinajstić information content (AvgIpc) is 2.80. The van der Waals surface area contributed by atoms with E-state index in [0.717, 1.165) is 19.3 Å². The molecule has 3 aromatic rings. The van der Waals surface area contributed by atoms with E-state index >= 15 is 0 Å². The van der Waals surface area contributed by atoms with Crippen molar-refractivity contribution < 1.29 is 19.1 Å². The van der Waals surface area contributed by atoms with Gasteiger partial charge in [-0.15, -0.1) is 0 Å². The fraction of sp³-hybridized carbons (Fsp3) is 0.130. The second kappa shape index (κ2) is 9.93. The minimum Gasteiger partial charge on any atom is -0.494 e. The van der Waals surface area contributed by atoms with Crippen molar-refractivity contribution in [3.63, 3.8) is 0 Å². The molecule has 0 saturated heterocycles. The summed E-state index contributed by atoms with van der Waals surface area (Å²) >= 11 is 5.84. The first kappa shape index (κ1) is 22.8. The van der Waals surface area contributed by atoms with Crippen LogP contribution < -0.4 is 15.7 Å². The monoisotopic (exact) mass is 454 g/mol. The lowest BCUT2D eigenvalue weighted by atomic mass is 10.1. The van der Waals surface area contributed by atoms with Gasteiger partial charge in [0, 0.05) is 22.7 Å². The molecule has 3 rings (SSSR count). The number of halogens is 1. The van der Waals surface area contributed by atoms with Gasteiger partial charge < -0.3 is 9.47 Å². The number of aromatic amines is 1. The van der Waals surface area contributed by atoms with Gasteiger partial charge in [0.05, 0.1) is 19.4 Å². The first-order valence-corrected chi connectivity index (χ1v) is 9.91. The van der Waals surface area contributed by atoms with E-state index < -0.39 is 28.4 Å². The normalized spacial score (nSPS) is 11.2. The summed E-state index contributed by atoms with van der Waals surface area (Å²) in [6, 6.07) is 13.9. The van der Waals surface area contributed by atoms with Crippen LogP contribution in [-0.4, -0.2) is 35.2 Å². The zero-order chi connectivity index (χ0) is 23.3. The van der Waals surface area contributed by atoms with E-state index in [1.807, 2.05) is 6.92 Å². The molecule has 9 heteroatoms. The van der Waals surface area contributed by atoms with Crippen LogP contribution in [0.2, 0.25) is 5.02 Å². The Morgan fingerprint density at radius 3 is 2.31 bits per heavy atom. The number of H-pyrrole nitrogens is 1. The molecule has 0 spiro atoms. The molecule has 0 fully saturated rings. The van der Waals surface area contributed by atoms with Gasteiger partial charge in [0.2, 0.25) is 5.43 Å². The van der Waals surface area contributed by atoms with E-state index in [1.165, 1.54) is 24.3 Å². The Balaban J connectivity index is 2.11. The van der Waals surface area contributed by atoms with Crippen LogP contribution >= 0.6 is 11.6 Å². The first-order chi connectivity index (χ1) is 15.3. The Bertz CT molecular complexity index is 1290. The summed E-state index contributed by atoms with van der Waals surface area (Å²) < 4.78 is 10.8. The third-order valence-corrected chi connectivity index (χ3v) is 4.68. The number of esters is 1. The molecule has 1 heterocycles. The molecule has 2 aromatic carbocycles. The van der Waals surface area contributed by atoms with Crippen LogP contribution in [0.1, 0.15) is 17.3 Å². The number of hydrogen-bond donors (Lipinski definition) is 1. The van der Waals surface area contributed by atoms with Crippen LogP contribution in [0.4, 0.5) is 0 Å². The van der Waals surface area contributed by atoms with Crippen LogP contribution in [0.15, 0.2) is 70.3 Å². The summed E-state index contributed by atoms with van der Waals surface area (Å²) in [7, 11) is 1.10. The van der Waals surface area contributed by atoms with Gasteiger partial charge in [-0.05, 0) is 61.0 Å². The molecule has 32 heavy (non-hydrogen) atoms. The van der Waals surface area contributed by atoms with Gasteiger partial charge in [0.25, 0.3) is 0 Å². The molecule has 1 N–H and O–H groups in total. The molecule has 164 valence electrons. The number of nitrogens with one attached hydrogen (secondary N) is 1. The summed E-state index contributed by atoms with van der Waals surface area (Å²) in [5, 5.41) is 3.16. The molecule has 0 saturated carbocycles. The molecule has 0 bridgehead atoms. The lowest BCUT2D eigenvalue weighted by molar-refractivity contribution is -0.134. The molecule has 0 radical (unpaired) electrons. The molecule has 0 aliphatic rings. The van der Waals surface area contributed by atoms with Crippen LogP contribution in [-0.2, 0) is 9.53 Å². The number of carbonyl (C=O) groups is 2. The van der Waals surface area contributed by atoms with Gasteiger partial charge in [0.15, 0.2) is 11.5 Å². The SMILES string of the molecule is CCOc1ccc(-c2cc(=O)c(=O)n(C(=CC(=O)c3ccc(Cl)cc3)C(=O)OC)[nH]2)cc1. The van der Waals surface area contributed by atoms with Crippen molar-refractivity contribution >= 4 is 29.1 Å². The number of ether oxygens (including phenoxy) is 2. The van der Waals surface area contributed by atoms with Gasteiger partial charge in [-0.1, -0.05) is 11.6 Å². The van der Waals surface area contributed by atoms with Crippen molar-refractivity contribution in [2.75, 3.05) is 13.7 Å². The van der Waals surface area contributed by atoms with Crippen molar-refractivity contribution in [2.24, 2.45) is 0 Å². The number of nitrogens with zero attached hydrogens (tertiary/aromatic N) is 1. The third-order valence-electron chi connectivity index (χ3n) is 4.43. The standard InChI is InChI=1S/C23H19ClN2O6/c1-3-32-17-10-6-14(7-11-17)18-12-21(28)22(29)26(25-18)19(23(30)31-2)13-20(27)15-4-8-16(24)9-5-15/h4-13,25H,3H2,1-2H3. The molecule has 0 amide bonds. The predicted octanol–water partition coefficient (Wildman–Crippen LogP) is 3.15. The van der Waals surface area contributed by atoms with Gasteiger partial charge in [-0.2, -0.15) is 0 Å². The average molecular weight is 455 g/mol. The number of rotatable bonds is 7. The minimum absolute atomic E-state index is 0.230. The second-order valence-corrected chi connectivity index (χ2v) is 6.96. The lowest BCUT2D eigenvalue weighted by Gasteiger charge is -2.11. The van der Waals surface area contributed by atoms with Gasteiger partial charge in [-0.3, -0.25) is 19.5 Å². The number of hydrogen-bond acceptors (Lipinski definition) is 6. The first-order valence-electron chi connectivity index (χ1n) is 9.54. The van der Waals surface area contributed by atoms with E-state index in [1.54, 1.807) is 24.3 Å². The van der Waals surface area contributed by atoms with Crippen molar-refractivity contribution in [1.29, 1.82) is 0 Å². The number of ketones is 1. The summed E-state index contributed by atoms with van der Waals surface area (Å²) in [6.45, 7) is 2.35. The van der Waals surface area contributed by atoms with E-state index in [-0.39, 0.29) is 11.3 Å². The van der Waals surface area contributed by atoms with Crippen LogP contribution in [0.5, 0.6) is 5.75 Å². The quantitative estimate of drug-likeness (QED) is 0.254. The topological polar surface area (TPSA) is 107 Å². The molecule has 0 aliphatic carbocycles. The highest BCUT2D eigenvalue weighted by Crippen LogP contribution is 2.20. The number of allylic oxidation sites excluding steroid dienone is 1. The highest BCUT2D eigenvalue weighted by molar-refractivity contribution is 6.30. The Morgan fingerprint density at radius 1 is 1.06 bits per heavy atom. The Morgan fingerprint density at radius 2 is 1.72 bits per heavy atom. The maximum atomic E-state index is 12.7. The summed E-state index contributed by atoms with van der Waals surface area (Å²) in [4.78, 5) is 50.0. The van der Waals surface area contributed by atoms with Crippen molar-refractivity contribution in [3.8, 4) is 17.0 Å². The molecule has 8 nitrogen and oxygen atoms in total. The number of methoxy groups -OCH3 is 1. The van der Waals surface area contributed by atoms with Crippen LogP contribution in [0.3, 0.4) is 0 Å². The van der Waals surface area contributed by atoms with Crippen molar-refractivity contribution in [1.82, 2.24) is 9.78 Å². The maximum absolute atomic E-state index is 12.7. The summed E-state index contributed by atoms with van der Waals surface area (Å²) in [5.74, 6) is -0.925.